The fraction of sp³-hybridized carbons (Fsp3) is 0.600. The summed E-state index contributed by atoms with van der Waals surface area (Å²) in [5.41, 5.74) is 0.677. The van der Waals surface area contributed by atoms with E-state index in [1.807, 2.05) is 58.0 Å². The molecule has 7 heteroatoms. The smallest absolute Gasteiger partial charge is 0.407 e. The van der Waals surface area contributed by atoms with Gasteiger partial charge in [-0.3, -0.25) is 0 Å². The van der Waals surface area contributed by atoms with E-state index in [9.17, 15) is 4.79 Å². The Bertz CT molecular complexity index is 610. The van der Waals surface area contributed by atoms with Crippen LogP contribution in [-0.4, -0.2) is 49.2 Å². The van der Waals surface area contributed by atoms with Gasteiger partial charge in [0.2, 0.25) is 0 Å². The van der Waals surface area contributed by atoms with E-state index in [0.29, 0.717) is 19.0 Å². The molecule has 0 aromatic heterocycles. The van der Waals surface area contributed by atoms with Crippen LogP contribution in [0.25, 0.3) is 0 Å². The van der Waals surface area contributed by atoms with Crippen molar-refractivity contribution in [2.45, 2.75) is 51.8 Å². The lowest BCUT2D eigenvalue weighted by Crippen LogP contribution is -2.48. The van der Waals surface area contributed by atoms with E-state index in [0.717, 1.165) is 18.8 Å². The SMILES string of the molecule is CN(C)C(=NCc1ccccc1)NCC(NC(=O)OC(C)(C)C)C1CC1.I. The predicted octanol–water partition coefficient (Wildman–Crippen LogP) is 3.62. The lowest BCUT2D eigenvalue weighted by Gasteiger charge is -2.25. The minimum atomic E-state index is -0.489. The fourth-order valence-electron chi connectivity index (χ4n) is 2.60. The molecule has 0 spiro atoms. The topological polar surface area (TPSA) is 66.0 Å². The van der Waals surface area contributed by atoms with E-state index >= 15 is 0 Å². The van der Waals surface area contributed by atoms with Gasteiger partial charge in [-0.25, -0.2) is 9.79 Å². The summed E-state index contributed by atoms with van der Waals surface area (Å²) in [4.78, 5) is 18.7. The highest BCUT2D eigenvalue weighted by atomic mass is 127. The predicted molar refractivity (Wildman–Crippen MR) is 121 cm³/mol. The summed E-state index contributed by atoms with van der Waals surface area (Å²) in [5.74, 6) is 1.32. The summed E-state index contributed by atoms with van der Waals surface area (Å²) < 4.78 is 5.39. The van der Waals surface area contributed by atoms with E-state index in [4.69, 9.17) is 4.74 Å². The molecular weight excluding hydrogens is 455 g/mol. The van der Waals surface area contributed by atoms with Gasteiger partial charge in [0, 0.05) is 20.6 Å². The van der Waals surface area contributed by atoms with Crippen molar-refractivity contribution < 1.29 is 9.53 Å². The van der Waals surface area contributed by atoms with Crippen LogP contribution in [0.5, 0.6) is 0 Å². The van der Waals surface area contributed by atoms with Crippen LogP contribution in [0.3, 0.4) is 0 Å². The molecule has 1 fully saturated rings. The number of hydrogen-bond donors (Lipinski definition) is 2. The Morgan fingerprint density at radius 3 is 2.41 bits per heavy atom. The highest BCUT2D eigenvalue weighted by Crippen LogP contribution is 2.32. The maximum Gasteiger partial charge on any atom is 0.407 e. The van der Waals surface area contributed by atoms with Crippen molar-refractivity contribution >= 4 is 36.0 Å². The number of nitrogens with zero attached hydrogens (tertiary/aromatic N) is 2. The lowest BCUT2D eigenvalue weighted by molar-refractivity contribution is 0.0498. The van der Waals surface area contributed by atoms with Gasteiger partial charge in [0.1, 0.15) is 5.60 Å². The van der Waals surface area contributed by atoms with Crippen LogP contribution >= 0.6 is 24.0 Å². The third kappa shape index (κ3) is 9.30. The van der Waals surface area contributed by atoms with E-state index in [2.05, 4.69) is 27.8 Å². The standard InChI is InChI=1S/C20H32N4O2.HI/c1-20(2,3)26-19(25)23-17(16-11-12-16)14-22-18(24(4)5)21-13-15-9-7-6-8-10-15;/h6-10,16-17H,11-14H2,1-5H3,(H,21,22)(H,23,25);1H. The average Bonchev–Trinajstić information content (AvgIpc) is 3.37. The molecule has 1 saturated carbocycles. The molecule has 2 rings (SSSR count). The van der Waals surface area contributed by atoms with Crippen LogP contribution in [0.1, 0.15) is 39.2 Å². The van der Waals surface area contributed by atoms with Crippen molar-refractivity contribution in [1.82, 2.24) is 15.5 Å². The van der Waals surface area contributed by atoms with Gasteiger partial charge in [-0.1, -0.05) is 30.3 Å². The van der Waals surface area contributed by atoms with Gasteiger partial charge in [-0.15, -0.1) is 24.0 Å². The molecule has 0 bridgehead atoms. The van der Waals surface area contributed by atoms with Crippen LogP contribution in [0.2, 0.25) is 0 Å². The number of aliphatic imine (C=N–C) groups is 1. The van der Waals surface area contributed by atoms with Crippen molar-refractivity contribution in [1.29, 1.82) is 0 Å². The van der Waals surface area contributed by atoms with Crippen LogP contribution in [0.4, 0.5) is 4.79 Å². The Labute approximate surface area is 180 Å². The first-order chi connectivity index (χ1) is 12.2. The Kier molecular flexibility index (Phi) is 9.35. The van der Waals surface area contributed by atoms with Gasteiger partial charge < -0.3 is 20.3 Å². The first-order valence-electron chi connectivity index (χ1n) is 9.23. The molecule has 27 heavy (non-hydrogen) atoms. The zero-order valence-corrected chi connectivity index (χ0v) is 19.3. The maximum absolute atomic E-state index is 12.1. The van der Waals surface area contributed by atoms with Crippen molar-refractivity contribution in [3.05, 3.63) is 35.9 Å². The summed E-state index contributed by atoms with van der Waals surface area (Å²) >= 11 is 0. The summed E-state index contributed by atoms with van der Waals surface area (Å²) in [6.45, 7) is 6.87. The zero-order valence-electron chi connectivity index (χ0n) is 17.0. The first-order valence-corrected chi connectivity index (χ1v) is 9.23. The monoisotopic (exact) mass is 488 g/mol. The normalized spacial score (nSPS) is 15.4. The molecule has 152 valence electrons. The summed E-state index contributed by atoms with van der Waals surface area (Å²) in [5, 5.41) is 6.39. The number of hydrogen-bond acceptors (Lipinski definition) is 3. The molecule has 1 unspecified atom stereocenters. The van der Waals surface area contributed by atoms with Gasteiger partial charge in [0.25, 0.3) is 0 Å². The van der Waals surface area contributed by atoms with Crippen molar-refractivity contribution in [3.8, 4) is 0 Å². The van der Waals surface area contributed by atoms with Crippen LogP contribution < -0.4 is 10.6 Å². The van der Waals surface area contributed by atoms with Gasteiger partial charge in [0.15, 0.2) is 5.96 Å². The lowest BCUT2D eigenvalue weighted by atomic mass is 10.2. The largest absolute Gasteiger partial charge is 0.444 e. The molecule has 0 heterocycles. The molecule has 1 atom stereocenters. The first kappa shape index (κ1) is 23.5. The number of benzene rings is 1. The molecule has 2 N–H and O–H groups in total. The molecule has 1 aromatic carbocycles. The molecule has 1 aliphatic rings. The van der Waals surface area contributed by atoms with Crippen LogP contribution in [0.15, 0.2) is 35.3 Å². The van der Waals surface area contributed by atoms with Crippen LogP contribution in [-0.2, 0) is 11.3 Å². The van der Waals surface area contributed by atoms with Gasteiger partial charge in [0.05, 0.1) is 12.6 Å². The molecule has 6 nitrogen and oxygen atoms in total. The average molecular weight is 488 g/mol. The second-order valence-electron chi connectivity index (χ2n) is 7.99. The molecule has 1 amide bonds. The maximum atomic E-state index is 12.1. The van der Waals surface area contributed by atoms with E-state index < -0.39 is 5.60 Å². The van der Waals surface area contributed by atoms with Crippen LogP contribution in [0, 0.1) is 5.92 Å². The quantitative estimate of drug-likeness (QED) is 0.365. The Morgan fingerprint density at radius 2 is 1.89 bits per heavy atom. The molecule has 0 saturated heterocycles. The number of nitrogens with one attached hydrogen (secondary N) is 2. The Balaban J connectivity index is 0.00000364. The molecule has 1 aromatic rings. The molecule has 1 aliphatic carbocycles. The van der Waals surface area contributed by atoms with E-state index in [1.165, 1.54) is 5.56 Å². The molecule has 0 radical (unpaired) electrons. The minimum Gasteiger partial charge on any atom is -0.444 e. The summed E-state index contributed by atoms with van der Waals surface area (Å²) in [6.07, 6.45) is 1.92. The summed E-state index contributed by atoms with van der Waals surface area (Å²) in [6, 6.07) is 10.2. The number of alkyl carbamates (subject to hydrolysis) is 1. The Morgan fingerprint density at radius 1 is 1.26 bits per heavy atom. The Hall–Kier alpha value is -1.51. The molecule has 0 aliphatic heterocycles. The number of guanidine groups is 1. The number of ether oxygens (including phenoxy) is 1. The number of carbonyl (C=O) groups is 1. The van der Waals surface area contributed by atoms with Gasteiger partial charge in [-0.05, 0) is 45.1 Å². The molecular formula is C20H33IN4O2. The van der Waals surface area contributed by atoms with Crippen molar-refractivity contribution in [2.75, 3.05) is 20.6 Å². The minimum absolute atomic E-state index is 0. The highest BCUT2D eigenvalue weighted by Gasteiger charge is 2.33. The second kappa shape index (κ2) is 10.7. The second-order valence-corrected chi connectivity index (χ2v) is 7.99. The van der Waals surface area contributed by atoms with Gasteiger partial charge >= 0.3 is 6.09 Å². The van der Waals surface area contributed by atoms with Gasteiger partial charge in [-0.2, -0.15) is 0 Å². The number of rotatable bonds is 6. The third-order valence-electron chi connectivity index (χ3n) is 4.05. The number of amides is 1. The van der Waals surface area contributed by atoms with E-state index in [1.54, 1.807) is 0 Å². The van der Waals surface area contributed by atoms with Crippen molar-refractivity contribution in [3.63, 3.8) is 0 Å². The van der Waals surface area contributed by atoms with E-state index in [-0.39, 0.29) is 36.1 Å². The zero-order chi connectivity index (χ0) is 19.2. The highest BCUT2D eigenvalue weighted by molar-refractivity contribution is 14.0. The third-order valence-corrected chi connectivity index (χ3v) is 4.05. The van der Waals surface area contributed by atoms with Crippen molar-refractivity contribution in [2.24, 2.45) is 10.9 Å². The summed E-state index contributed by atoms with van der Waals surface area (Å²) in [7, 11) is 3.93. The number of halogens is 1. The fourth-order valence-corrected chi connectivity index (χ4v) is 2.60. The number of carbonyl (C=O) groups excluding carboxylic acids is 1.